The molecule has 1 aliphatic heterocycles. The third-order valence-corrected chi connectivity index (χ3v) is 3.73. The predicted molar refractivity (Wildman–Crippen MR) is 73.0 cm³/mol. The fourth-order valence-corrected chi connectivity index (χ4v) is 2.19. The van der Waals surface area contributed by atoms with Gasteiger partial charge in [0.25, 0.3) is 0 Å². The quantitative estimate of drug-likeness (QED) is 0.890. The maximum absolute atomic E-state index is 12.1. The van der Waals surface area contributed by atoms with E-state index in [0.717, 1.165) is 10.0 Å². The normalized spacial score (nSPS) is 18.3. The number of carbonyl (C=O) groups is 1. The molecule has 18 heavy (non-hydrogen) atoms. The molecule has 0 saturated carbocycles. The van der Waals surface area contributed by atoms with Crippen LogP contribution in [-0.2, 0) is 16.1 Å². The Bertz CT molecular complexity index is 414. The van der Waals surface area contributed by atoms with Crippen LogP contribution in [0, 0.1) is 0 Å². The molecule has 0 radical (unpaired) electrons. The second-order valence-electron chi connectivity index (χ2n) is 4.58. The van der Waals surface area contributed by atoms with Gasteiger partial charge in [0.05, 0.1) is 5.54 Å². The first kappa shape index (κ1) is 13.5. The summed E-state index contributed by atoms with van der Waals surface area (Å²) in [6, 6.07) is 7.84. The van der Waals surface area contributed by atoms with Crippen molar-refractivity contribution >= 4 is 21.8 Å². The summed E-state index contributed by atoms with van der Waals surface area (Å²) in [7, 11) is 0. The van der Waals surface area contributed by atoms with Gasteiger partial charge in [-0.25, -0.2) is 0 Å². The number of ether oxygens (including phenoxy) is 1. The lowest BCUT2D eigenvalue weighted by Crippen LogP contribution is -2.56. The lowest BCUT2D eigenvalue weighted by Gasteiger charge is -2.31. The van der Waals surface area contributed by atoms with E-state index in [-0.39, 0.29) is 5.91 Å². The second kappa shape index (κ2) is 5.82. The summed E-state index contributed by atoms with van der Waals surface area (Å²) in [6.07, 6.45) is 1.17. The highest BCUT2D eigenvalue weighted by atomic mass is 79.9. The number of rotatable bonds is 3. The number of nitrogens with one attached hydrogen (secondary N) is 1. The van der Waals surface area contributed by atoms with Crippen molar-refractivity contribution in [3.05, 3.63) is 34.3 Å². The highest BCUT2D eigenvalue weighted by Gasteiger charge is 2.35. The van der Waals surface area contributed by atoms with Gasteiger partial charge in [0.2, 0.25) is 5.91 Å². The van der Waals surface area contributed by atoms with Gasteiger partial charge in [-0.05, 0) is 30.5 Å². The zero-order valence-corrected chi connectivity index (χ0v) is 11.7. The SMILES string of the molecule is NC1(C(=O)NCc2ccc(Br)cc2)CCOCC1. The van der Waals surface area contributed by atoms with E-state index in [1.54, 1.807) is 0 Å². The molecular weight excluding hydrogens is 296 g/mol. The van der Waals surface area contributed by atoms with Crippen molar-refractivity contribution < 1.29 is 9.53 Å². The third-order valence-electron chi connectivity index (χ3n) is 3.20. The number of carbonyl (C=O) groups excluding carboxylic acids is 1. The summed E-state index contributed by atoms with van der Waals surface area (Å²) in [5, 5.41) is 2.89. The van der Waals surface area contributed by atoms with Crippen molar-refractivity contribution in [2.75, 3.05) is 13.2 Å². The Labute approximate surface area is 115 Å². The molecule has 0 bridgehead atoms. The average molecular weight is 313 g/mol. The topological polar surface area (TPSA) is 64.4 Å². The Morgan fingerprint density at radius 1 is 1.33 bits per heavy atom. The first-order chi connectivity index (χ1) is 8.60. The monoisotopic (exact) mass is 312 g/mol. The van der Waals surface area contributed by atoms with E-state index in [2.05, 4.69) is 21.2 Å². The Morgan fingerprint density at radius 2 is 1.94 bits per heavy atom. The molecule has 4 nitrogen and oxygen atoms in total. The van der Waals surface area contributed by atoms with Crippen LogP contribution in [-0.4, -0.2) is 24.7 Å². The molecule has 5 heteroatoms. The largest absolute Gasteiger partial charge is 0.381 e. The Balaban J connectivity index is 1.89. The summed E-state index contributed by atoms with van der Waals surface area (Å²) in [4.78, 5) is 12.1. The van der Waals surface area contributed by atoms with E-state index in [9.17, 15) is 4.79 Å². The van der Waals surface area contributed by atoms with Crippen molar-refractivity contribution in [3.8, 4) is 0 Å². The zero-order chi connectivity index (χ0) is 13.0. The van der Waals surface area contributed by atoms with Gasteiger partial charge in [-0.1, -0.05) is 28.1 Å². The number of halogens is 1. The molecule has 0 atom stereocenters. The van der Waals surface area contributed by atoms with Crippen LogP contribution in [0.15, 0.2) is 28.7 Å². The molecule has 98 valence electrons. The van der Waals surface area contributed by atoms with E-state index < -0.39 is 5.54 Å². The summed E-state index contributed by atoms with van der Waals surface area (Å²) in [6.45, 7) is 1.62. The molecule has 1 heterocycles. The molecule has 0 unspecified atom stereocenters. The number of hydrogen-bond acceptors (Lipinski definition) is 3. The van der Waals surface area contributed by atoms with Crippen molar-refractivity contribution in [2.45, 2.75) is 24.9 Å². The lowest BCUT2D eigenvalue weighted by molar-refractivity contribution is -0.129. The van der Waals surface area contributed by atoms with Crippen LogP contribution in [0.4, 0.5) is 0 Å². The standard InChI is InChI=1S/C13H17BrN2O2/c14-11-3-1-10(2-4-11)9-16-12(17)13(15)5-7-18-8-6-13/h1-4H,5-9,15H2,(H,16,17). The Morgan fingerprint density at radius 3 is 2.56 bits per heavy atom. The van der Waals surface area contributed by atoms with Crippen molar-refractivity contribution in [3.63, 3.8) is 0 Å². The van der Waals surface area contributed by atoms with E-state index >= 15 is 0 Å². The van der Waals surface area contributed by atoms with Crippen molar-refractivity contribution in [2.24, 2.45) is 5.73 Å². The van der Waals surface area contributed by atoms with Crippen molar-refractivity contribution in [1.82, 2.24) is 5.32 Å². The third kappa shape index (κ3) is 3.31. The van der Waals surface area contributed by atoms with Crippen LogP contribution in [0.3, 0.4) is 0 Å². The summed E-state index contributed by atoms with van der Waals surface area (Å²) in [5.74, 6) is -0.0891. The van der Waals surface area contributed by atoms with Crippen LogP contribution in [0.25, 0.3) is 0 Å². The molecule has 1 aliphatic rings. The molecule has 2 rings (SSSR count). The first-order valence-corrected chi connectivity index (χ1v) is 6.79. The number of nitrogens with two attached hydrogens (primary N) is 1. The summed E-state index contributed by atoms with van der Waals surface area (Å²) in [5.41, 5.74) is 6.38. The number of benzene rings is 1. The van der Waals surface area contributed by atoms with E-state index in [1.807, 2.05) is 24.3 Å². The van der Waals surface area contributed by atoms with Crippen LogP contribution < -0.4 is 11.1 Å². The van der Waals surface area contributed by atoms with Gasteiger partial charge in [0.1, 0.15) is 0 Å². The molecule has 1 amide bonds. The van der Waals surface area contributed by atoms with Crippen LogP contribution in [0.2, 0.25) is 0 Å². The fourth-order valence-electron chi connectivity index (χ4n) is 1.92. The van der Waals surface area contributed by atoms with Crippen LogP contribution in [0.1, 0.15) is 18.4 Å². The zero-order valence-electron chi connectivity index (χ0n) is 10.1. The first-order valence-electron chi connectivity index (χ1n) is 5.99. The van der Waals surface area contributed by atoms with E-state index in [0.29, 0.717) is 32.6 Å². The van der Waals surface area contributed by atoms with Gasteiger partial charge in [0, 0.05) is 24.2 Å². The van der Waals surface area contributed by atoms with Gasteiger partial charge >= 0.3 is 0 Å². The van der Waals surface area contributed by atoms with Gasteiger partial charge < -0.3 is 15.8 Å². The highest BCUT2D eigenvalue weighted by molar-refractivity contribution is 9.10. The smallest absolute Gasteiger partial charge is 0.240 e. The predicted octanol–water partition coefficient (Wildman–Crippen LogP) is 1.57. The van der Waals surface area contributed by atoms with Crippen LogP contribution in [0.5, 0.6) is 0 Å². The minimum absolute atomic E-state index is 0.0891. The number of hydrogen-bond donors (Lipinski definition) is 2. The van der Waals surface area contributed by atoms with E-state index in [4.69, 9.17) is 10.5 Å². The molecule has 1 aromatic carbocycles. The second-order valence-corrected chi connectivity index (χ2v) is 5.49. The molecule has 0 aliphatic carbocycles. The van der Waals surface area contributed by atoms with Gasteiger partial charge in [0.15, 0.2) is 0 Å². The molecule has 0 aromatic heterocycles. The minimum atomic E-state index is -0.770. The molecule has 1 fully saturated rings. The molecule has 0 spiro atoms. The van der Waals surface area contributed by atoms with Gasteiger partial charge in [-0.2, -0.15) is 0 Å². The maximum atomic E-state index is 12.1. The van der Waals surface area contributed by atoms with E-state index in [1.165, 1.54) is 0 Å². The van der Waals surface area contributed by atoms with Gasteiger partial charge in [-0.15, -0.1) is 0 Å². The highest BCUT2D eigenvalue weighted by Crippen LogP contribution is 2.18. The number of amides is 1. The minimum Gasteiger partial charge on any atom is -0.381 e. The molecular formula is C13H17BrN2O2. The van der Waals surface area contributed by atoms with Crippen LogP contribution >= 0.6 is 15.9 Å². The van der Waals surface area contributed by atoms with Crippen molar-refractivity contribution in [1.29, 1.82) is 0 Å². The maximum Gasteiger partial charge on any atom is 0.240 e. The molecule has 3 N–H and O–H groups in total. The Hall–Kier alpha value is -0.910. The summed E-state index contributed by atoms with van der Waals surface area (Å²) >= 11 is 3.38. The molecule has 1 aromatic rings. The average Bonchev–Trinajstić information content (AvgIpc) is 2.38. The summed E-state index contributed by atoms with van der Waals surface area (Å²) < 4.78 is 6.25. The van der Waals surface area contributed by atoms with Gasteiger partial charge in [-0.3, -0.25) is 4.79 Å². The Kier molecular flexibility index (Phi) is 4.37. The fraction of sp³-hybridized carbons (Fsp3) is 0.462. The molecule has 1 saturated heterocycles. The lowest BCUT2D eigenvalue weighted by atomic mass is 9.90.